The Balaban J connectivity index is 2.21. The molecule has 1 aromatic carbocycles. The lowest BCUT2D eigenvalue weighted by molar-refractivity contribution is -0.384. The van der Waals surface area contributed by atoms with Crippen LogP contribution in [0.15, 0.2) is 18.2 Å². The summed E-state index contributed by atoms with van der Waals surface area (Å²) in [5.74, 6) is 0. The first-order chi connectivity index (χ1) is 7.39. The Labute approximate surface area is 93.5 Å². The predicted octanol–water partition coefficient (Wildman–Crippen LogP) is 1.47. The Morgan fingerprint density at radius 1 is 1.50 bits per heavy atom. The van der Waals surface area contributed by atoms with Crippen LogP contribution in [0.5, 0.6) is 0 Å². The first-order valence-corrected chi connectivity index (χ1v) is 5.11. The number of aryl methyl sites for hydroxylation is 1. The van der Waals surface area contributed by atoms with Crippen molar-refractivity contribution in [3.63, 3.8) is 0 Å². The first-order valence-electron chi connectivity index (χ1n) is 5.11. The summed E-state index contributed by atoms with van der Waals surface area (Å²) in [6.07, 6.45) is 0. The third-order valence-corrected chi connectivity index (χ3v) is 2.79. The van der Waals surface area contributed by atoms with E-state index < -0.39 is 10.5 Å². The number of hydrogen-bond acceptors (Lipinski definition) is 4. The summed E-state index contributed by atoms with van der Waals surface area (Å²) in [6, 6.07) is 4.79. The Kier molecular flexibility index (Phi) is 2.35. The summed E-state index contributed by atoms with van der Waals surface area (Å²) < 4.78 is 0. The number of nitro groups is 1. The van der Waals surface area contributed by atoms with Crippen molar-refractivity contribution in [2.24, 2.45) is 0 Å². The van der Waals surface area contributed by atoms with Gasteiger partial charge in [-0.1, -0.05) is 0 Å². The third-order valence-electron chi connectivity index (χ3n) is 2.79. The lowest BCUT2D eigenvalue weighted by atomic mass is 9.95. The van der Waals surface area contributed by atoms with E-state index in [2.05, 4.69) is 0 Å². The van der Waals surface area contributed by atoms with Crippen molar-refractivity contribution in [1.82, 2.24) is 0 Å². The van der Waals surface area contributed by atoms with Gasteiger partial charge in [-0.25, -0.2) is 0 Å². The van der Waals surface area contributed by atoms with Crippen molar-refractivity contribution in [2.45, 2.75) is 19.4 Å². The molecule has 0 spiro atoms. The molecule has 0 amide bonds. The van der Waals surface area contributed by atoms with Crippen molar-refractivity contribution in [1.29, 1.82) is 0 Å². The highest BCUT2D eigenvalue weighted by Crippen LogP contribution is 2.31. The average molecular weight is 222 g/mol. The fraction of sp³-hybridized carbons (Fsp3) is 0.455. The standard InChI is InChI=1S/C11H14N2O3/c1-8-5-9(13(15)16)3-4-10(8)12-6-11(2,14)7-12/h3-5,14H,6-7H2,1-2H3. The van der Waals surface area contributed by atoms with Gasteiger partial charge in [0.1, 0.15) is 0 Å². The van der Waals surface area contributed by atoms with Crippen molar-refractivity contribution in [3.05, 3.63) is 33.9 Å². The van der Waals surface area contributed by atoms with Crippen LogP contribution in [-0.4, -0.2) is 28.7 Å². The number of nitrogens with zero attached hydrogens (tertiary/aromatic N) is 2. The van der Waals surface area contributed by atoms with Crippen LogP contribution in [0.3, 0.4) is 0 Å². The number of nitro benzene ring substituents is 1. The summed E-state index contributed by atoms with van der Waals surface area (Å²) in [6.45, 7) is 4.77. The van der Waals surface area contributed by atoms with Crippen LogP contribution >= 0.6 is 0 Å². The maximum Gasteiger partial charge on any atom is 0.269 e. The molecule has 0 aromatic heterocycles. The van der Waals surface area contributed by atoms with E-state index in [1.54, 1.807) is 19.1 Å². The molecule has 1 aromatic rings. The quantitative estimate of drug-likeness (QED) is 0.608. The van der Waals surface area contributed by atoms with Gasteiger partial charge in [-0.15, -0.1) is 0 Å². The second kappa shape index (κ2) is 3.45. The number of hydrogen-bond donors (Lipinski definition) is 1. The van der Waals surface area contributed by atoms with Crippen LogP contribution in [0.1, 0.15) is 12.5 Å². The molecule has 0 bridgehead atoms. The van der Waals surface area contributed by atoms with Crippen LogP contribution in [-0.2, 0) is 0 Å². The molecule has 1 saturated heterocycles. The van der Waals surface area contributed by atoms with Gasteiger partial charge in [0.05, 0.1) is 10.5 Å². The summed E-state index contributed by atoms with van der Waals surface area (Å²) in [5.41, 5.74) is 1.30. The van der Waals surface area contributed by atoms with Gasteiger partial charge in [-0.2, -0.15) is 0 Å². The van der Waals surface area contributed by atoms with Gasteiger partial charge in [0.25, 0.3) is 5.69 Å². The lowest BCUT2D eigenvalue weighted by Gasteiger charge is -2.46. The van der Waals surface area contributed by atoms with E-state index in [0.29, 0.717) is 13.1 Å². The molecule has 5 nitrogen and oxygen atoms in total. The summed E-state index contributed by atoms with van der Waals surface area (Å²) >= 11 is 0. The number of rotatable bonds is 2. The van der Waals surface area contributed by atoms with Gasteiger partial charge in [0.2, 0.25) is 0 Å². The molecule has 0 atom stereocenters. The van der Waals surface area contributed by atoms with E-state index in [1.807, 2.05) is 11.8 Å². The van der Waals surface area contributed by atoms with E-state index >= 15 is 0 Å². The zero-order valence-electron chi connectivity index (χ0n) is 9.30. The van der Waals surface area contributed by atoms with Crippen LogP contribution in [0.4, 0.5) is 11.4 Å². The molecule has 5 heteroatoms. The van der Waals surface area contributed by atoms with Crippen molar-refractivity contribution >= 4 is 11.4 Å². The molecule has 86 valence electrons. The van der Waals surface area contributed by atoms with Crippen LogP contribution < -0.4 is 4.90 Å². The molecule has 0 saturated carbocycles. The molecule has 0 unspecified atom stereocenters. The van der Waals surface area contributed by atoms with E-state index in [0.717, 1.165) is 11.3 Å². The fourth-order valence-corrected chi connectivity index (χ4v) is 2.05. The van der Waals surface area contributed by atoms with E-state index in [9.17, 15) is 15.2 Å². The number of β-amino-alcohol motifs (C(OH)–C–C–N with tert-alkyl or cyclic N) is 1. The average Bonchev–Trinajstić information content (AvgIpc) is 2.13. The molecule has 1 aliphatic rings. The van der Waals surface area contributed by atoms with Crippen molar-refractivity contribution in [2.75, 3.05) is 18.0 Å². The minimum atomic E-state index is -0.631. The molecular formula is C11H14N2O3. The zero-order chi connectivity index (χ0) is 11.9. The van der Waals surface area contributed by atoms with Crippen molar-refractivity contribution < 1.29 is 10.0 Å². The van der Waals surface area contributed by atoms with Gasteiger partial charge in [0.15, 0.2) is 0 Å². The highest BCUT2D eigenvalue weighted by atomic mass is 16.6. The Hall–Kier alpha value is -1.62. The minimum absolute atomic E-state index is 0.105. The van der Waals surface area contributed by atoms with Crippen molar-refractivity contribution in [3.8, 4) is 0 Å². The maximum absolute atomic E-state index is 10.6. The second-order valence-electron chi connectivity index (χ2n) is 4.58. The molecule has 1 N–H and O–H groups in total. The molecule has 0 aliphatic carbocycles. The highest BCUT2D eigenvalue weighted by Gasteiger charge is 2.37. The predicted molar refractivity (Wildman–Crippen MR) is 60.7 cm³/mol. The SMILES string of the molecule is Cc1cc([N+](=O)[O-])ccc1N1CC(C)(O)C1. The molecule has 2 rings (SSSR count). The Morgan fingerprint density at radius 3 is 2.56 bits per heavy atom. The lowest BCUT2D eigenvalue weighted by Crippen LogP contribution is -2.60. The molecule has 0 radical (unpaired) electrons. The number of benzene rings is 1. The summed E-state index contributed by atoms with van der Waals surface area (Å²) in [5, 5.41) is 20.2. The van der Waals surface area contributed by atoms with E-state index in [4.69, 9.17) is 0 Å². The minimum Gasteiger partial charge on any atom is -0.386 e. The molecule has 16 heavy (non-hydrogen) atoms. The van der Waals surface area contributed by atoms with E-state index in [-0.39, 0.29) is 5.69 Å². The third kappa shape index (κ3) is 1.86. The van der Waals surface area contributed by atoms with Gasteiger partial charge in [-0.05, 0) is 25.5 Å². The molecule has 1 aliphatic heterocycles. The zero-order valence-corrected chi connectivity index (χ0v) is 9.30. The van der Waals surface area contributed by atoms with E-state index in [1.165, 1.54) is 6.07 Å². The van der Waals surface area contributed by atoms with Gasteiger partial charge >= 0.3 is 0 Å². The fourth-order valence-electron chi connectivity index (χ4n) is 2.05. The number of non-ortho nitro benzene ring substituents is 1. The number of aliphatic hydroxyl groups is 1. The maximum atomic E-state index is 10.6. The molecule has 1 fully saturated rings. The monoisotopic (exact) mass is 222 g/mol. The normalized spacial score (nSPS) is 18.1. The Morgan fingerprint density at radius 2 is 2.12 bits per heavy atom. The summed E-state index contributed by atoms with van der Waals surface area (Å²) in [7, 11) is 0. The van der Waals surface area contributed by atoms with Crippen LogP contribution in [0.2, 0.25) is 0 Å². The van der Waals surface area contributed by atoms with Crippen LogP contribution in [0.25, 0.3) is 0 Å². The smallest absolute Gasteiger partial charge is 0.269 e. The van der Waals surface area contributed by atoms with Gasteiger partial charge in [0, 0.05) is 30.9 Å². The van der Waals surface area contributed by atoms with Crippen LogP contribution in [0, 0.1) is 17.0 Å². The Bertz CT molecular complexity index is 435. The second-order valence-corrected chi connectivity index (χ2v) is 4.58. The molecular weight excluding hydrogens is 208 g/mol. The highest BCUT2D eigenvalue weighted by molar-refractivity contribution is 5.59. The number of anilines is 1. The van der Waals surface area contributed by atoms with Gasteiger partial charge in [-0.3, -0.25) is 10.1 Å². The van der Waals surface area contributed by atoms with Gasteiger partial charge < -0.3 is 10.0 Å². The summed E-state index contributed by atoms with van der Waals surface area (Å²) in [4.78, 5) is 12.2. The largest absolute Gasteiger partial charge is 0.386 e. The molecule has 1 heterocycles. The topological polar surface area (TPSA) is 66.6 Å². The first kappa shape index (κ1) is 10.9.